The zero-order valence-electron chi connectivity index (χ0n) is 9.51. The van der Waals surface area contributed by atoms with Crippen LogP contribution in [0.3, 0.4) is 0 Å². The van der Waals surface area contributed by atoms with E-state index in [0.29, 0.717) is 0 Å². The molecule has 1 saturated carbocycles. The van der Waals surface area contributed by atoms with Crippen molar-refractivity contribution in [2.75, 3.05) is 17.6 Å². The second-order valence-electron chi connectivity index (χ2n) is 4.62. The van der Waals surface area contributed by atoms with Crippen molar-refractivity contribution < 1.29 is 0 Å². The maximum atomic E-state index is 5.94. The van der Waals surface area contributed by atoms with Crippen LogP contribution in [0.4, 0.5) is 11.4 Å². The van der Waals surface area contributed by atoms with Crippen LogP contribution in [-0.4, -0.2) is 6.54 Å². The summed E-state index contributed by atoms with van der Waals surface area (Å²) in [4.78, 5) is 0. The second kappa shape index (κ2) is 5.44. The van der Waals surface area contributed by atoms with Crippen LogP contribution >= 0.6 is 11.6 Å². The fourth-order valence-electron chi connectivity index (χ4n) is 2.33. The van der Waals surface area contributed by atoms with Crippen LogP contribution < -0.4 is 11.1 Å². The van der Waals surface area contributed by atoms with Gasteiger partial charge in [-0.3, -0.25) is 0 Å². The number of hydrogen-bond acceptors (Lipinski definition) is 2. The van der Waals surface area contributed by atoms with Gasteiger partial charge in [0.05, 0.1) is 11.4 Å². The lowest BCUT2D eigenvalue weighted by molar-refractivity contribution is 0.373. The molecule has 0 bridgehead atoms. The van der Waals surface area contributed by atoms with Gasteiger partial charge in [0, 0.05) is 11.6 Å². The number of nitrogens with one attached hydrogen (secondary N) is 1. The van der Waals surface area contributed by atoms with Gasteiger partial charge >= 0.3 is 0 Å². The number of nitrogens with two attached hydrogens (primary N) is 1. The third-order valence-electron chi connectivity index (χ3n) is 3.32. The molecule has 0 aliphatic heterocycles. The summed E-state index contributed by atoms with van der Waals surface area (Å²) in [5, 5.41) is 4.15. The van der Waals surface area contributed by atoms with Crippen molar-refractivity contribution in [1.29, 1.82) is 0 Å². The van der Waals surface area contributed by atoms with E-state index in [1.54, 1.807) is 0 Å². The Kier molecular flexibility index (Phi) is 3.94. The third kappa shape index (κ3) is 3.05. The molecule has 0 spiro atoms. The summed E-state index contributed by atoms with van der Waals surface area (Å²) < 4.78 is 0. The Morgan fingerprint density at radius 3 is 2.75 bits per heavy atom. The van der Waals surface area contributed by atoms with E-state index in [4.69, 9.17) is 17.3 Å². The zero-order chi connectivity index (χ0) is 11.4. The summed E-state index contributed by atoms with van der Waals surface area (Å²) in [5.74, 6) is 0.798. The smallest absolute Gasteiger partial charge is 0.0588 e. The minimum atomic E-state index is 0.736. The molecule has 2 nitrogen and oxygen atoms in total. The zero-order valence-corrected chi connectivity index (χ0v) is 10.3. The molecule has 1 aromatic rings. The van der Waals surface area contributed by atoms with Crippen LogP contribution in [-0.2, 0) is 0 Å². The van der Waals surface area contributed by atoms with E-state index in [1.807, 2.05) is 18.2 Å². The predicted molar refractivity (Wildman–Crippen MR) is 70.9 cm³/mol. The van der Waals surface area contributed by atoms with Crippen molar-refractivity contribution in [3.05, 3.63) is 23.2 Å². The van der Waals surface area contributed by atoms with Gasteiger partial charge < -0.3 is 11.1 Å². The first kappa shape index (κ1) is 11.6. The van der Waals surface area contributed by atoms with Crippen molar-refractivity contribution in [2.45, 2.75) is 32.1 Å². The monoisotopic (exact) mass is 238 g/mol. The summed E-state index contributed by atoms with van der Waals surface area (Å²) in [6, 6.07) is 5.58. The molecule has 3 N–H and O–H groups in total. The molecule has 0 unspecified atom stereocenters. The van der Waals surface area contributed by atoms with E-state index in [1.165, 1.54) is 32.1 Å². The Morgan fingerprint density at radius 1 is 1.25 bits per heavy atom. The van der Waals surface area contributed by atoms with E-state index >= 15 is 0 Å². The minimum absolute atomic E-state index is 0.736. The summed E-state index contributed by atoms with van der Waals surface area (Å²) in [7, 11) is 0. The van der Waals surface area contributed by atoms with Gasteiger partial charge in [0.25, 0.3) is 0 Å². The molecule has 0 heterocycles. The Balaban J connectivity index is 1.90. The highest BCUT2D eigenvalue weighted by molar-refractivity contribution is 6.31. The number of halogens is 1. The van der Waals surface area contributed by atoms with Gasteiger partial charge in [-0.25, -0.2) is 0 Å². The number of rotatable bonds is 3. The fourth-order valence-corrected chi connectivity index (χ4v) is 2.50. The Morgan fingerprint density at radius 2 is 2.00 bits per heavy atom. The van der Waals surface area contributed by atoms with Crippen LogP contribution in [0.1, 0.15) is 32.1 Å². The van der Waals surface area contributed by atoms with Crippen LogP contribution in [0.15, 0.2) is 18.2 Å². The number of nitrogen functional groups attached to an aromatic ring is 1. The molecule has 1 aliphatic rings. The lowest BCUT2D eigenvalue weighted by Crippen LogP contribution is -2.17. The molecule has 2 rings (SSSR count). The SMILES string of the molecule is Nc1ccc(Cl)cc1NCC1CCCCC1. The first-order valence-electron chi connectivity index (χ1n) is 6.04. The quantitative estimate of drug-likeness (QED) is 0.784. The molecule has 88 valence electrons. The average molecular weight is 239 g/mol. The van der Waals surface area contributed by atoms with Gasteiger partial charge in [0.1, 0.15) is 0 Å². The lowest BCUT2D eigenvalue weighted by Gasteiger charge is -2.22. The van der Waals surface area contributed by atoms with E-state index < -0.39 is 0 Å². The first-order valence-corrected chi connectivity index (χ1v) is 6.42. The maximum absolute atomic E-state index is 5.94. The van der Waals surface area contributed by atoms with Crippen molar-refractivity contribution in [1.82, 2.24) is 0 Å². The molecule has 0 radical (unpaired) electrons. The summed E-state index contributed by atoms with van der Waals surface area (Å²) >= 11 is 5.94. The van der Waals surface area contributed by atoms with Crippen molar-refractivity contribution >= 4 is 23.0 Å². The number of benzene rings is 1. The molecular weight excluding hydrogens is 220 g/mol. The Labute approximate surface area is 102 Å². The normalized spacial score (nSPS) is 17.3. The standard InChI is InChI=1S/C13H19ClN2/c14-11-6-7-12(15)13(8-11)16-9-10-4-2-1-3-5-10/h6-8,10,16H,1-5,9,15H2. The van der Waals surface area contributed by atoms with E-state index in [-0.39, 0.29) is 0 Å². The van der Waals surface area contributed by atoms with E-state index in [0.717, 1.165) is 28.9 Å². The highest BCUT2D eigenvalue weighted by Crippen LogP contribution is 2.26. The topological polar surface area (TPSA) is 38.0 Å². The highest BCUT2D eigenvalue weighted by Gasteiger charge is 2.13. The molecule has 16 heavy (non-hydrogen) atoms. The van der Waals surface area contributed by atoms with Crippen molar-refractivity contribution in [3.8, 4) is 0 Å². The van der Waals surface area contributed by atoms with Gasteiger partial charge in [-0.2, -0.15) is 0 Å². The molecule has 0 aromatic heterocycles. The number of hydrogen-bond donors (Lipinski definition) is 2. The van der Waals surface area contributed by atoms with Gasteiger partial charge in [-0.05, 0) is 37.0 Å². The van der Waals surface area contributed by atoms with Crippen LogP contribution in [0.25, 0.3) is 0 Å². The van der Waals surface area contributed by atoms with E-state index in [2.05, 4.69) is 5.32 Å². The summed E-state index contributed by atoms with van der Waals surface area (Å²) in [6.07, 6.45) is 6.82. The van der Waals surface area contributed by atoms with E-state index in [9.17, 15) is 0 Å². The molecule has 1 aromatic carbocycles. The fraction of sp³-hybridized carbons (Fsp3) is 0.538. The summed E-state index contributed by atoms with van der Waals surface area (Å²) in [6.45, 7) is 1.02. The summed E-state index contributed by atoms with van der Waals surface area (Å²) in [5.41, 5.74) is 7.63. The van der Waals surface area contributed by atoms with Gasteiger partial charge in [-0.15, -0.1) is 0 Å². The third-order valence-corrected chi connectivity index (χ3v) is 3.56. The molecule has 0 atom stereocenters. The molecular formula is C13H19ClN2. The van der Waals surface area contributed by atoms with Crippen molar-refractivity contribution in [3.63, 3.8) is 0 Å². The van der Waals surface area contributed by atoms with Gasteiger partial charge in [-0.1, -0.05) is 30.9 Å². The van der Waals surface area contributed by atoms with Crippen LogP contribution in [0, 0.1) is 5.92 Å². The molecule has 0 amide bonds. The lowest BCUT2D eigenvalue weighted by atomic mass is 9.89. The van der Waals surface area contributed by atoms with Crippen LogP contribution in [0.5, 0.6) is 0 Å². The van der Waals surface area contributed by atoms with Crippen LogP contribution in [0.2, 0.25) is 5.02 Å². The van der Waals surface area contributed by atoms with Gasteiger partial charge in [0.2, 0.25) is 0 Å². The minimum Gasteiger partial charge on any atom is -0.397 e. The molecule has 3 heteroatoms. The Hall–Kier alpha value is -0.890. The second-order valence-corrected chi connectivity index (χ2v) is 5.05. The maximum Gasteiger partial charge on any atom is 0.0588 e. The Bertz CT molecular complexity index is 346. The number of anilines is 2. The molecule has 1 fully saturated rings. The molecule has 1 aliphatic carbocycles. The highest BCUT2D eigenvalue weighted by atomic mass is 35.5. The molecule has 0 saturated heterocycles. The first-order chi connectivity index (χ1) is 7.75. The predicted octanol–water partition coefficient (Wildman–Crippen LogP) is 3.91. The van der Waals surface area contributed by atoms with Gasteiger partial charge in [0.15, 0.2) is 0 Å². The average Bonchev–Trinajstić information content (AvgIpc) is 2.32. The van der Waals surface area contributed by atoms with Crippen molar-refractivity contribution in [2.24, 2.45) is 5.92 Å². The largest absolute Gasteiger partial charge is 0.397 e.